The number of hydrogen-bond acceptors (Lipinski definition) is 5. The van der Waals surface area contributed by atoms with E-state index in [0.29, 0.717) is 17.9 Å². The van der Waals surface area contributed by atoms with E-state index in [-0.39, 0.29) is 5.91 Å². The number of thioether (sulfide) groups is 1. The molecule has 0 saturated carbocycles. The topological polar surface area (TPSA) is 64.3 Å². The molecule has 2 aromatic rings. The van der Waals surface area contributed by atoms with E-state index >= 15 is 0 Å². The molecule has 0 aliphatic carbocycles. The first-order valence-electron chi connectivity index (χ1n) is 5.70. The molecule has 1 aromatic carbocycles. The Labute approximate surface area is 119 Å². The van der Waals surface area contributed by atoms with Crippen LogP contribution >= 0.6 is 23.1 Å². The van der Waals surface area contributed by atoms with Crippen LogP contribution in [0.4, 0.5) is 0 Å². The summed E-state index contributed by atoms with van der Waals surface area (Å²) in [6, 6.07) is 11.1. The van der Waals surface area contributed by atoms with E-state index in [1.807, 2.05) is 17.5 Å². The van der Waals surface area contributed by atoms with Gasteiger partial charge in [-0.25, -0.2) is 5.84 Å². The third-order valence-electron chi connectivity index (χ3n) is 2.34. The Morgan fingerprint density at radius 1 is 1.32 bits per heavy atom. The summed E-state index contributed by atoms with van der Waals surface area (Å²) in [6.45, 7) is 0.539. The summed E-state index contributed by atoms with van der Waals surface area (Å²) >= 11 is 3.44. The zero-order valence-corrected chi connectivity index (χ0v) is 11.8. The maximum Gasteiger partial charge on any atom is 0.268 e. The Hall–Kier alpha value is -1.50. The Bertz CT molecular complexity index is 529. The first-order chi connectivity index (χ1) is 9.31. The van der Waals surface area contributed by atoms with Gasteiger partial charge in [-0.1, -0.05) is 18.2 Å². The molecule has 0 radical (unpaired) electrons. The predicted octanol–water partition coefficient (Wildman–Crippen LogP) is 2.52. The summed E-state index contributed by atoms with van der Waals surface area (Å²) in [5.74, 6) is 6.17. The number of carbonyl (C=O) groups is 1. The number of rotatable bonds is 6. The molecule has 0 spiro atoms. The normalized spacial score (nSPS) is 10.2. The van der Waals surface area contributed by atoms with Crippen molar-refractivity contribution in [3.05, 3.63) is 47.3 Å². The highest BCUT2D eigenvalue weighted by Gasteiger charge is 2.10. The fourth-order valence-corrected chi connectivity index (χ4v) is 3.18. The monoisotopic (exact) mass is 294 g/mol. The Morgan fingerprint density at radius 3 is 2.89 bits per heavy atom. The van der Waals surface area contributed by atoms with Crippen molar-refractivity contribution < 1.29 is 9.53 Å². The number of para-hydroxylation sites is 1. The highest BCUT2D eigenvalue weighted by atomic mass is 32.2. The van der Waals surface area contributed by atoms with Crippen molar-refractivity contribution in [2.75, 3.05) is 12.4 Å². The minimum Gasteiger partial charge on any atom is -0.492 e. The smallest absolute Gasteiger partial charge is 0.268 e. The van der Waals surface area contributed by atoms with Crippen molar-refractivity contribution in [3.8, 4) is 5.75 Å². The summed E-state index contributed by atoms with van der Waals surface area (Å²) in [5, 5.41) is 2.05. The molecule has 0 atom stereocenters. The maximum atomic E-state index is 11.5. The number of nitrogens with two attached hydrogens (primary N) is 1. The lowest BCUT2D eigenvalue weighted by Crippen LogP contribution is -2.30. The summed E-state index contributed by atoms with van der Waals surface area (Å²) in [7, 11) is 0. The standard InChI is InChI=1S/C13H14N2O2S2/c14-15-13(16)10-4-1-2-5-11(10)17-7-9-19-12-6-3-8-18-12/h1-6,8H,7,9,14H2,(H,15,16). The van der Waals surface area contributed by atoms with Crippen LogP contribution in [0.25, 0.3) is 0 Å². The molecule has 1 amide bonds. The van der Waals surface area contributed by atoms with Gasteiger partial charge >= 0.3 is 0 Å². The van der Waals surface area contributed by atoms with Crippen molar-refractivity contribution >= 4 is 29.0 Å². The van der Waals surface area contributed by atoms with Gasteiger partial charge in [0, 0.05) is 5.75 Å². The van der Waals surface area contributed by atoms with Crippen LogP contribution in [0.2, 0.25) is 0 Å². The first-order valence-corrected chi connectivity index (χ1v) is 7.57. The van der Waals surface area contributed by atoms with Gasteiger partial charge in [0.1, 0.15) is 5.75 Å². The molecule has 0 aliphatic rings. The molecule has 0 fully saturated rings. The van der Waals surface area contributed by atoms with Gasteiger partial charge in [-0.15, -0.1) is 23.1 Å². The number of thiophene rings is 1. The Kier molecular flexibility index (Phi) is 5.26. The van der Waals surface area contributed by atoms with Gasteiger partial charge in [-0.05, 0) is 23.6 Å². The van der Waals surface area contributed by atoms with Crippen LogP contribution in [0.1, 0.15) is 10.4 Å². The van der Waals surface area contributed by atoms with Crippen molar-refractivity contribution in [2.45, 2.75) is 4.21 Å². The molecular formula is C13H14N2O2S2. The molecule has 6 heteroatoms. The fourth-order valence-electron chi connectivity index (χ4n) is 1.50. The van der Waals surface area contributed by atoms with Gasteiger partial charge in [0.25, 0.3) is 5.91 Å². The lowest BCUT2D eigenvalue weighted by atomic mass is 10.2. The average Bonchev–Trinajstić information content (AvgIpc) is 2.96. The van der Waals surface area contributed by atoms with Gasteiger partial charge in [0.15, 0.2) is 0 Å². The minimum absolute atomic E-state index is 0.346. The second-order valence-electron chi connectivity index (χ2n) is 3.60. The maximum absolute atomic E-state index is 11.5. The largest absolute Gasteiger partial charge is 0.492 e. The van der Waals surface area contributed by atoms with E-state index in [2.05, 4.69) is 11.5 Å². The lowest BCUT2D eigenvalue weighted by molar-refractivity contribution is 0.0950. The van der Waals surface area contributed by atoms with Crippen molar-refractivity contribution in [1.82, 2.24) is 5.43 Å². The van der Waals surface area contributed by atoms with Crippen LogP contribution in [-0.4, -0.2) is 18.3 Å². The molecule has 0 saturated heterocycles. The molecule has 0 aliphatic heterocycles. The molecule has 0 unspecified atom stereocenters. The van der Waals surface area contributed by atoms with Crippen molar-refractivity contribution in [1.29, 1.82) is 0 Å². The number of carbonyl (C=O) groups excluding carboxylic acids is 1. The SMILES string of the molecule is NNC(=O)c1ccccc1OCCSc1cccs1. The second-order valence-corrected chi connectivity index (χ2v) is 5.94. The van der Waals surface area contributed by atoms with E-state index in [9.17, 15) is 4.79 Å². The highest BCUT2D eigenvalue weighted by molar-refractivity contribution is 8.01. The molecule has 3 N–H and O–H groups in total. The van der Waals surface area contributed by atoms with Gasteiger partial charge in [0.05, 0.1) is 16.4 Å². The summed E-state index contributed by atoms with van der Waals surface area (Å²) in [4.78, 5) is 11.5. The highest BCUT2D eigenvalue weighted by Crippen LogP contribution is 2.24. The third-order valence-corrected chi connectivity index (χ3v) is 4.44. The molecule has 0 bridgehead atoms. The number of amides is 1. The van der Waals surface area contributed by atoms with Crippen LogP contribution in [0, 0.1) is 0 Å². The number of hydrogen-bond donors (Lipinski definition) is 2. The number of nitrogens with one attached hydrogen (secondary N) is 1. The summed E-state index contributed by atoms with van der Waals surface area (Å²) < 4.78 is 6.89. The van der Waals surface area contributed by atoms with Crippen LogP contribution in [0.15, 0.2) is 46.0 Å². The number of benzene rings is 1. The summed E-state index contributed by atoms with van der Waals surface area (Å²) in [6.07, 6.45) is 0. The molecular weight excluding hydrogens is 280 g/mol. The van der Waals surface area contributed by atoms with Crippen molar-refractivity contribution in [2.24, 2.45) is 5.84 Å². The Morgan fingerprint density at radius 2 is 2.16 bits per heavy atom. The average molecular weight is 294 g/mol. The third kappa shape index (κ3) is 3.99. The molecule has 1 heterocycles. The van der Waals surface area contributed by atoms with E-state index in [4.69, 9.17) is 10.6 Å². The summed E-state index contributed by atoms with van der Waals surface area (Å²) in [5.41, 5.74) is 2.56. The number of nitrogen functional groups attached to an aromatic ring is 1. The van der Waals surface area contributed by atoms with Gasteiger partial charge in [-0.2, -0.15) is 0 Å². The van der Waals surface area contributed by atoms with Crippen LogP contribution < -0.4 is 16.0 Å². The second kappa shape index (κ2) is 7.18. The molecule has 4 nitrogen and oxygen atoms in total. The van der Waals surface area contributed by atoms with Crippen LogP contribution in [0.5, 0.6) is 5.75 Å². The zero-order chi connectivity index (χ0) is 13.5. The van der Waals surface area contributed by atoms with Gasteiger partial charge in [-0.3, -0.25) is 10.2 Å². The number of ether oxygens (including phenoxy) is 1. The van der Waals surface area contributed by atoms with E-state index in [1.165, 1.54) is 4.21 Å². The molecule has 100 valence electrons. The van der Waals surface area contributed by atoms with Gasteiger partial charge < -0.3 is 4.74 Å². The molecule has 19 heavy (non-hydrogen) atoms. The quantitative estimate of drug-likeness (QED) is 0.282. The lowest BCUT2D eigenvalue weighted by Gasteiger charge is -2.09. The zero-order valence-electron chi connectivity index (χ0n) is 10.2. The predicted molar refractivity (Wildman–Crippen MR) is 78.6 cm³/mol. The Balaban J connectivity index is 1.87. The molecule has 2 rings (SSSR count). The van der Waals surface area contributed by atoms with E-state index in [0.717, 1.165) is 5.75 Å². The van der Waals surface area contributed by atoms with Crippen molar-refractivity contribution in [3.63, 3.8) is 0 Å². The number of hydrazine groups is 1. The first kappa shape index (κ1) is 13.9. The minimum atomic E-state index is -0.346. The van der Waals surface area contributed by atoms with E-state index in [1.54, 1.807) is 41.3 Å². The fraction of sp³-hybridized carbons (Fsp3) is 0.154. The molecule has 1 aromatic heterocycles. The van der Waals surface area contributed by atoms with Gasteiger partial charge in [0.2, 0.25) is 0 Å². The van der Waals surface area contributed by atoms with E-state index < -0.39 is 0 Å². The van der Waals surface area contributed by atoms with Crippen LogP contribution in [0.3, 0.4) is 0 Å². The van der Waals surface area contributed by atoms with Crippen LogP contribution in [-0.2, 0) is 0 Å².